The van der Waals surface area contributed by atoms with Crippen LogP contribution in [-0.2, 0) is 36.4 Å². The van der Waals surface area contributed by atoms with Gasteiger partial charge in [0.2, 0.25) is 0 Å². The van der Waals surface area contributed by atoms with E-state index in [1.165, 1.54) is 0 Å². The van der Waals surface area contributed by atoms with E-state index in [2.05, 4.69) is 9.56 Å². The molecule has 6 nitrogen and oxygen atoms in total. The number of halogens is 1. The van der Waals surface area contributed by atoms with Gasteiger partial charge in [-0.2, -0.15) is 0 Å². The Morgan fingerprint density at radius 3 is 1.70 bits per heavy atom. The first kappa shape index (κ1) is 17.7. The van der Waals surface area contributed by atoms with Crippen LogP contribution in [0.4, 0.5) is 4.79 Å². The Morgan fingerprint density at radius 2 is 1.30 bits per heavy atom. The zero-order chi connectivity index (χ0) is 16.5. The number of carbonyl (C=O) groups excluding carboxylic acids is 1. The molecule has 0 aliphatic heterocycles. The quantitative estimate of drug-likeness (QED) is 0.292. The van der Waals surface area contributed by atoms with Crippen molar-refractivity contribution in [2.75, 3.05) is 0 Å². The summed E-state index contributed by atoms with van der Waals surface area (Å²) in [5, 5.41) is 0. The highest BCUT2D eigenvalue weighted by molar-refractivity contribution is 7.48. The Balaban J connectivity index is 1.99. The number of carbonyl (C=O) groups is 1. The predicted molar refractivity (Wildman–Crippen MR) is 83.5 cm³/mol. The van der Waals surface area contributed by atoms with E-state index in [4.69, 9.17) is 20.6 Å². The normalized spacial score (nSPS) is 11.2. The van der Waals surface area contributed by atoms with Crippen molar-refractivity contribution in [1.29, 1.82) is 0 Å². The first-order valence-corrected chi connectivity index (χ1v) is 8.44. The summed E-state index contributed by atoms with van der Waals surface area (Å²) in [5.41, 5.74) is 0.213. The van der Waals surface area contributed by atoms with Gasteiger partial charge in [0.15, 0.2) is 0 Å². The van der Waals surface area contributed by atoms with Gasteiger partial charge in [-0.15, -0.1) is 0 Å². The van der Waals surface area contributed by atoms with E-state index >= 15 is 0 Å². The number of hydrogen-bond acceptors (Lipinski definition) is 6. The average molecular weight is 357 g/mol. The number of rotatable bonds is 8. The molecule has 0 amide bonds. The molecule has 2 rings (SSSR count). The summed E-state index contributed by atoms with van der Waals surface area (Å²) in [6.07, 6.45) is 0. The van der Waals surface area contributed by atoms with Crippen LogP contribution in [0.25, 0.3) is 0 Å². The summed E-state index contributed by atoms with van der Waals surface area (Å²) < 4.78 is 27.3. The van der Waals surface area contributed by atoms with Crippen LogP contribution < -0.4 is 0 Å². The molecule has 8 heteroatoms. The van der Waals surface area contributed by atoms with Gasteiger partial charge in [0.25, 0.3) is 0 Å². The van der Waals surface area contributed by atoms with Crippen LogP contribution in [0.15, 0.2) is 60.7 Å². The van der Waals surface area contributed by atoms with Crippen LogP contribution >= 0.6 is 19.4 Å². The molecule has 0 fully saturated rings. The highest BCUT2D eigenvalue weighted by Crippen LogP contribution is 2.51. The van der Waals surface area contributed by atoms with Crippen LogP contribution in [0.5, 0.6) is 0 Å². The van der Waals surface area contributed by atoms with E-state index < -0.39 is 13.3 Å². The predicted octanol–water partition coefficient (Wildman–Crippen LogP) is 4.84. The first-order valence-electron chi connectivity index (χ1n) is 6.60. The maximum atomic E-state index is 12.5. The molecule has 2 aromatic rings. The zero-order valence-electron chi connectivity index (χ0n) is 12.0. The van der Waals surface area contributed by atoms with Crippen LogP contribution in [-0.4, -0.2) is 5.43 Å². The van der Waals surface area contributed by atoms with Crippen molar-refractivity contribution in [3.63, 3.8) is 0 Å². The van der Waals surface area contributed by atoms with Crippen molar-refractivity contribution in [3.8, 4) is 0 Å². The molecule has 0 saturated carbocycles. The van der Waals surface area contributed by atoms with E-state index in [1.807, 2.05) is 12.1 Å². The molecule has 0 unspecified atom stereocenters. The minimum absolute atomic E-state index is 0.0489. The second kappa shape index (κ2) is 8.82. The molecule has 2 aromatic carbocycles. The molecule has 0 heterocycles. The van der Waals surface area contributed by atoms with Crippen molar-refractivity contribution >= 4 is 24.9 Å². The van der Waals surface area contributed by atoms with E-state index in [-0.39, 0.29) is 13.2 Å². The fourth-order valence-corrected chi connectivity index (χ4v) is 2.62. The second-order valence-corrected chi connectivity index (χ2v) is 6.23. The number of hydrogen-bond donors (Lipinski definition) is 0. The monoisotopic (exact) mass is 356 g/mol. The van der Waals surface area contributed by atoms with Gasteiger partial charge in [-0.1, -0.05) is 65.3 Å². The molecule has 0 N–H and O–H groups in total. The maximum Gasteiger partial charge on any atom is 0.511 e. The third-order valence-corrected chi connectivity index (χ3v) is 3.87. The summed E-state index contributed by atoms with van der Waals surface area (Å²) >= 11 is 5.00. The molecule has 23 heavy (non-hydrogen) atoms. The van der Waals surface area contributed by atoms with Crippen LogP contribution in [0.1, 0.15) is 11.1 Å². The lowest BCUT2D eigenvalue weighted by molar-refractivity contribution is -0.160. The minimum atomic E-state index is -4.13. The zero-order valence-corrected chi connectivity index (χ0v) is 13.6. The highest BCUT2D eigenvalue weighted by Gasteiger charge is 2.30. The number of phosphoric ester groups is 1. The van der Waals surface area contributed by atoms with Crippen molar-refractivity contribution in [2.45, 2.75) is 13.2 Å². The van der Waals surface area contributed by atoms with Gasteiger partial charge in [-0.3, -0.25) is 13.9 Å². The Bertz CT molecular complexity index is 617. The molecule has 0 radical (unpaired) electrons. The van der Waals surface area contributed by atoms with Crippen molar-refractivity contribution in [1.82, 2.24) is 0 Å². The molecule has 0 aliphatic rings. The minimum Gasteiger partial charge on any atom is -0.280 e. The van der Waals surface area contributed by atoms with Crippen molar-refractivity contribution < 1.29 is 28.0 Å². The van der Waals surface area contributed by atoms with Crippen molar-refractivity contribution in [2.24, 2.45) is 0 Å². The van der Waals surface area contributed by atoms with Crippen molar-refractivity contribution in [3.05, 3.63) is 71.8 Å². The van der Waals surface area contributed by atoms with Gasteiger partial charge in [0.1, 0.15) is 0 Å². The third-order valence-electron chi connectivity index (χ3n) is 2.66. The molecule has 122 valence electrons. The summed E-state index contributed by atoms with van der Waals surface area (Å²) in [4.78, 5) is 14.7. The van der Waals surface area contributed by atoms with Gasteiger partial charge < -0.3 is 0 Å². The molecule has 0 aliphatic carbocycles. The Kier molecular flexibility index (Phi) is 6.77. The fraction of sp³-hybridized carbons (Fsp3) is 0.133. The maximum absolute atomic E-state index is 12.5. The van der Waals surface area contributed by atoms with Gasteiger partial charge in [0, 0.05) is 11.6 Å². The molecular formula is C15H14ClO6P. The smallest absolute Gasteiger partial charge is 0.280 e. The lowest BCUT2D eigenvalue weighted by Gasteiger charge is -2.15. The van der Waals surface area contributed by atoms with Crippen LogP contribution in [0.2, 0.25) is 0 Å². The van der Waals surface area contributed by atoms with Gasteiger partial charge in [-0.25, -0.2) is 9.36 Å². The lowest BCUT2D eigenvalue weighted by atomic mass is 10.2. The number of benzene rings is 2. The Hall–Kier alpha value is -1.69. The number of phosphoric acid groups is 1. The van der Waals surface area contributed by atoms with Gasteiger partial charge in [0.05, 0.1) is 13.2 Å². The summed E-state index contributed by atoms with van der Waals surface area (Å²) in [5.74, 6) is 0. The fourth-order valence-electron chi connectivity index (χ4n) is 1.61. The topological polar surface area (TPSA) is 71.1 Å². The summed E-state index contributed by atoms with van der Waals surface area (Å²) in [6.45, 7) is -0.0977. The van der Waals surface area contributed by atoms with Gasteiger partial charge >= 0.3 is 13.3 Å². The third kappa shape index (κ3) is 6.52. The molecule has 0 aromatic heterocycles. The summed E-state index contributed by atoms with van der Waals surface area (Å²) in [6, 6.07) is 18.0. The SMILES string of the molecule is O=C(Cl)OOP(=O)(OCc1ccccc1)OCc1ccccc1. The largest absolute Gasteiger partial charge is 0.511 e. The summed E-state index contributed by atoms with van der Waals surface area (Å²) in [7, 11) is -4.13. The van der Waals surface area contributed by atoms with E-state index in [0.29, 0.717) is 0 Å². The second-order valence-electron chi connectivity index (χ2n) is 4.36. The van der Waals surface area contributed by atoms with E-state index in [0.717, 1.165) is 11.1 Å². The molecule has 0 spiro atoms. The molecule has 0 saturated heterocycles. The average Bonchev–Trinajstić information content (AvgIpc) is 2.59. The lowest BCUT2D eigenvalue weighted by Crippen LogP contribution is -2.03. The Labute approximate surface area is 138 Å². The standard InChI is InChI=1S/C15H14ClO6P/c16-15(17)21-22-23(18,19-11-13-7-3-1-4-8-13)20-12-14-9-5-2-6-10-14/h1-10H,11-12H2. The van der Waals surface area contributed by atoms with Crippen LogP contribution in [0.3, 0.4) is 0 Å². The molecular weight excluding hydrogens is 343 g/mol. The Morgan fingerprint density at radius 1 is 0.870 bits per heavy atom. The molecule has 0 atom stereocenters. The van der Waals surface area contributed by atoms with Gasteiger partial charge in [-0.05, 0) is 11.1 Å². The highest BCUT2D eigenvalue weighted by atomic mass is 35.5. The first-order chi connectivity index (χ1) is 11.1. The van der Waals surface area contributed by atoms with Crippen LogP contribution in [0, 0.1) is 0 Å². The molecule has 0 bridgehead atoms. The van der Waals surface area contributed by atoms with E-state index in [9.17, 15) is 9.36 Å². The van der Waals surface area contributed by atoms with E-state index in [1.54, 1.807) is 48.5 Å².